The molecule has 2 aliphatic carbocycles. The molecule has 0 radical (unpaired) electrons. The lowest BCUT2D eigenvalue weighted by Crippen LogP contribution is -2.48. The highest BCUT2D eigenvalue weighted by Gasteiger charge is 2.40. The molecule has 2 saturated carbocycles. The lowest BCUT2D eigenvalue weighted by Gasteiger charge is -2.43. The van der Waals surface area contributed by atoms with E-state index < -0.39 is 0 Å². The van der Waals surface area contributed by atoms with E-state index in [2.05, 4.69) is 10.3 Å². The van der Waals surface area contributed by atoms with Gasteiger partial charge in [-0.15, -0.1) is 0 Å². The first-order chi connectivity index (χ1) is 10.5. The van der Waals surface area contributed by atoms with Crippen molar-refractivity contribution in [2.75, 3.05) is 24.3 Å². The van der Waals surface area contributed by atoms with Crippen LogP contribution in [0.15, 0.2) is 18.3 Å². The normalized spacial score (nSPS) is 30.7. The van der Waals surface area contributed by atoms with Crippen molar-refractivity contribution < 1.29 is 4.79 Å². The Kier molecular flexibility index (Phi) is 4.34. The largest absolute Gasteiger partial charge is 0.363 e. The van der Waals surface area contributed by atoms with Crippen LogP contribution >= 0.6 is 0 Å². The van der Waals surface area contributed by atoms with Gasteiger partial charge >= 0.3 is 0 Å². The highest BCUT2D eigenvalue weighted by Crippen LogP contribution is 2.42. The van der Waals surface area contributed by atoms with E-state index in [1.807, 2.05) is 31.1 Å². The van der Waals surface area contributed by atoms with Crippen molar-refractivity contribution in [3.8, 4) is 0 Å². The summed E-state index contributed by atoms with van der Waals surface area (Å²) in [5, 5.41) is 3.06. The van der Waals surface area contributed by atoms with Crippen molar-refractivity contribution in [3.63, 3.8) is 0 Å². The Morgan fingerprint density at radius 2 is 2.00 bits per heavy atom. The predicted octanol–water partition coefficient (Wildman–Crippen LogP) is 2.24. The Hall–Kier alpha value is -1.62. The third-order valence-corrected chi connectivity index (χ3v) is 5.26. The Morgan fingerprint density at radius 3 is 2.64 bits per heavy atom. The number of nitrogens with one attached hydrogen (secondary N) is 1. The summed E-state index contributed by atoms with van der Waals surface area (Å²) in [6, 6.07) is 4.06. The quantitative estimate of drug-likeness (QED) is 0.898. The van der Waals surface area contributed by atoms with Gasteiger partial charge in [0.1, 0.15) is 5.82 Å². The number of anilines is 2. The van der Waals surface area contributed by atoms with Crippen molar-refractivity contribution in [3.05, 3.63) is 18.3 Å². The van der Waals surface area contributed by atoms with Crippen molar-refractivity contribution >= 4 is 17.4 Å². The molecule has 1 aromatic rings. The molecule has 5 nitrogen and oxygen atoms in total. The summed E-state index contributed by atoms with van der Waals surface area (Å²) >= 11 is 0. The van der Waals surface area contributed by atoms with Gasteiger partial charge in [-0.2, -0.15) is 0 Å². The maximum Gasteiger partial charge on any atom is 0.227 e. The van der Waals surface area contributed by atoms with E-state index in [1.165, 1.54) is 19.3 Å². The fraction of sp³-hybridized carbons (Fsp3) is 0.647. The van der Waals surface area contributed by atoms with Gasteiger partial charge in [0.2, 0.25) is 5.91 Å². The first kappa shape index (κ1) is 15.3. The molecule has 1 heterocycles. The summed E-state index contributed by atoms with van der Waals surface area (Å²) in [5.41, 5.74) is 7.13. The second-order valence-corrected chi connectivity index (χ2v) is 6.98. The minimum Gasteiger partial charge on any atom is -0.363 e. The van der Waals surface area contributed by atoms with Crippen LogP contribution in [0.5, 0.6) is 0 Å². The Labute approximate surface area is 132 Å². The standard InChI is InChI=1S/C17H26N4O/c1-21(2)15-10-14(6-7-19-15)20-17(22)13-8-11-4-3-5-12(9-13)16(11)18/h6-7,10-13,16H,3-5,8-9,18H2,1-2H3,(H,19,20,22). The number of fused-ring (bicyclic) bond motifs is 2. The smallest absolute Gasteiger partial charge is 0.227 e. The average Bonchev–Trinajstić information content (AvgIpc) is 2.47. The number of nitrogens with two attached hydrogens (primary N) is 1. The molecule has 3 N–H and O–H groups in total. The number of carbonyl (C=O) groups is 1. The number of pyridine rings is 1. The molecule has 2 atom stereocenters. The molecule has 1 aromatic heterocycles. The number of hydrogen-bond acceptors (Lipinski definition) is 4. The highest BCUT2D eigenvalue weighted by atomic mass is 16.1. The number of aromatic nitrogens is 1. The van der Waals surface area contributed by atoms with E-state index in [-0.39, 0.29) is 11.8 Å². The molecular formula is C17H26N4O. The molecule has 3 rings (SSSR count). The fourth-order valence-corrected chi connectivity index (χ4v) is 3.99. The molecular weight excluding hydrogens is 276 g/mol. The van der Waals surface area contributed by atoms with Gasteiger partial charge in [0.15, 0.2) is 0 Å². The molecule has 1 amide bonds. The van der Waals surface area contributed by atoms with Gasteiger partial charge in [-0.05, 0) is 43.6 Å². The number of nitrogens with zero attached hydrogens (tertiary/aromatic N) is 2. The van der Waals surface area contributed by atoms with E-state index in [9.17, 15) is 4.79 Å². The molecule has 120 valence electrons. The minimum absolute atomic E-state index is 0.103. The second kappa shape index (κ2) is 6.24. The number of hydrogen-bond donors (Lipinski definition) is 2. The maximum atomic E-state index is 12.6. The molecule has 0 saturated heterocycles. The molecule has 2 aliphatic rings. The molecule has 22 heavy (non-hydrogen) atoms. The zero-order chi connectivity index (χ0) is 15.7. The number of amides is 1. The predicted molar refractivity (Wildman–Crippen MR) is 88.7 cm³/mol. The first-order valence-corrected chi connectivity index (χ1v) is 8.24. The summed E-state index contributed by atoms with van der Waals surface area (Å²) in [5.74, 6) is 2.14. The van der Waals surface area contributed by atoms with Crippen molar-refractivity contribution in [1.82, 2.24) is 4.98 Å². The van der Waals surface area contributed by atoms with E-state index in [0.717, 1.165) is 24.3 Å². The molecule has 5 heteroatoms. The van der Waals surface area contributed by atoms with Crippen LogP contribution < -0.4 is 16.0 Å². The van der Waals surface area contributed by atoms with Crippen LogP contribution in [-0.2, 0) is 4.79 Å². The van der Waals surface area contributed by atoms with Crippen molar-refractivity contribution in [2.45, 2.75) is 38.1 Å². The Morgan fingerprint density at radius 1 is 1.32 bits per heavy atom. The summed E-state index contributed by atoms with van der Waals surface area (Å²) in [6.07, 6.45) is 7.25. The minimum atomic E-state index is 0.103. The number of rotatable bonds is 3. The van der Waals surface area contributed by atoms with Crippen LogP contribution in [0.2, 0.25) is 0 Å². The summed E-state index contributed by atoms with van der Waals surface area (Å²) < 4.78 is 0. The van der Waals surface area contributed by atoms with E-state index >= 15 is 0 Å². The topological polar surface area (TPSA) is 71.2 Å². The van der Waals surface area contributed by atoms with Gasteiger partial charge in [0.05, 0.1) is 0 Å². The lowest BCUT2D eigenvalue weighted by molar-refractivity contribution is -0.122. The monoisotopic (exact) mass is 302 g/mol. The van der Waals surface area contributed by atoms with Gasteiger partial charge < -0.3 is 16.0 Å². The van der Waals surface area contributed by atoms with Crippen LogP contribution in [0.25, 0.3) is 0 Å². The summed E-state index contributed by atoms with van der Waals surface area (Å²) in [6.45, 7) is 0. The fourth-order valence-electron chi connectivity index (χ4n) is 3.99. The zero-order valence-corrected chi connectivity index (χ0v) is 13.5. The molecule has 0 aliphatic heterocycles. The zero-order valence-electron chi connectivity index (χ0n) is 13.5. The van der Waals surface area contributed by atoms with Crippen LogP contribution in [0, 0.1) is 17.8 Å². The third kappa shape index (κ3) is 3.09. The van der Waals surface area contributed by atoms with Crippen LogP contribution in [0.1, 0.15) is 32.1 Å². The lowest BCUT2D eigenvalue weighted by atomic mass is 9.65. The SMILES string of the molecule is CN(C)c1cc(NC(=O)C2CC3CCCC(C2)C3N)ccn1. The van der Waals surface area contributed by atoms with Gasteiger partial charge in [-0.3, -0.25) is 4.79 Å². The van der Waals surface area contributed by atoms with E-state index in [4.69, 9.17) is 5.73 Å². The number of carbonyl (C=O) groups excluding carboxylic acids is 1. The molecule has 0 spiro atoms. The van der Waals surface area contributed by atoms with E-state index in [1.54, 1.807) is 6.20 Å². The van der Waals surface area contributed by atoms with Crippen LogP contribution in [0.3, 0.4) is 0 Å². The summed E-state index contributed by atoms with van der Waals surface area (Å²) in [7, 11) is 3.88. The third-order valence-electron chi connectivity index (χ3n) is 5.26. The van der Waals surface area contributed by atoms with Gasteiger partial charge in [-0.25, -0.2) is 4.98 Å². The molecule has 2 fully saturated rings. The highest BCUT2D eigenvalue weighted by molar-refractivity contribution is 5.93. The van der Waals surface area contributed by atoms with Crippen LogP contribution in [0.4, 0.5) is 11.5 Å². The molecule has 0 aromatic carbocycles. The average molecular weight is 302 g/mol. The Balaban J connectivity index is 1.66. The van der Waals surface area contributed by atoms with Gasteiger partial charge in [0.25, 0.3) is 0 Å². The van der Waals surface area contributed by atoms with Gasteiger partial charge in [0, 0.05) is 44.0 Å². The first-order valence-electron chi connectivity index (χ1n) is 8.24. The molecule has 2 unspecified atom stereocenters. The van der Waals surface area contributed by atoms with Crippen molar-refractivity contribution in [2.24, 2.45) is 23.5 Å². The van der Waals surface area contributed by atoms with Crippen LogP contribution in [-0.4, -0.2) is 31.0 Å². The maximum absolute atomic E-state index is 12.6. The molecule has 2 bridgehead atoms. The van der Waals surface area contributed by atoms with Gasteiger partial charge in [-0.1, -0.05) is 6.42 Å². The van der Waals surface area contributed by atoms with E-state index in [0.29, 0.717) is 17.9 Å². The second-order valence-electron chi connectivity index (χ2n) is 6.98. The summed E-state index contributed by atoms with van der Waals surface area (Å²) in [4.78, 5) is 18.8. The van der Waals surface area contributed by atoms with Crippen molar-refractivity contribution in [1.29, 1.82) is 0 Å². The Bertz CT molecular complexity index is 531.